The normalized spacial score (nSPS) is 11.9. The van der Waals surface area contributed by atoms with Crippen molar-refractivity contribution < 1.29 is 9.53 Å². The van der Waals surface area contributed by atoms with Gasteiger partial charge in [0, 0.05) is 11.8 Å². The zero-order valence-corrected chi connectivity index (χ0v) is 16.1. The number of carbonyl (C=O) groups is 1. The molecule has 0 spiro atoms. The number of nitrogens with zero attached hydrogens (tertiary/aromatic N) is 4. The van der Waals surface area contributed by atoms with Crippen molar-refractivity contribution in [2.75, 3.05) is 5.32 Å². The average Bonchev–Trinajstić information content (AvgIpc) is 2.92. The van der Waals surface area contributed by atoms with Crippen LogP contribution >= 0.6 is 0 Å². The first-order valence-corrected chi connectivity index (χ1v) is 8.73. The van der Waals surface area contributed by atoms with E-state index < -0.39 is 6.10 Å². The van der Waals surface area contributed by atoms with E-state index in [1.54, 1.807) is 17.7 Å². The number of anilines is 1. The fourth-order valence-corrected chi connectivity index (χ4v) is 2.88. The molecule has 1 unspecified atom stereocenters. The van der Waals surface area contributed by atoms with Crippen LogP contribution in [0.4, 0.5) is 5.82 Å². The molecule has 1 atom stereocenters. The number of ether oxygens (including phenoxy) is 1. The quantitative estimate of drug-likeness (QED) is 0.750. The summed E-state index contributed by atoms with van der Waals surface area (Å²) in [4.78, 5) is 20.8. The topological polar surface area (TPSA) is 81.9 Å². The van der Waals surface area contributed by atoms with E-state index in [9.17, 15) is 4.79 Å². The summed E-state index contributed by atoms with van der Waals surface area (Å²) in [6.45, 7) is 9.55. The zero-order chi connectivity index (χ0) is 19.6. The molecule has 0 fully saturated rings. The van der Waals surface area contributed by atoms with Crippen LogP contribution in [0.25, 0.3) is 5.82 Å². The summed E-state index contributed by atoms with van der Waals surface area (Å²) < 4.78 is 7.48. The molecule has 0 aliphatic rings. The van der Waals surface area contributed by atoms with Gasteiger partial charge in [-0.3, -0.25) is 4.79 Å². The Morgan fingerprint density at radius 3 is 2.37 bits per heavy atom. The molecule has 2 aromatic heterocycles. The Kier molecular flexibility index (Phi) is 5.21. The highest BCUT2D eigenvalue weighted by Crippen LogP contribution is 2.18. The number of carbonyl (C=O) groups excluding carboxylic acids is 1. The second kappa shape index (κ2) is 7.57. The first-order valence-electron chi connectivity index (χ1n) is 8.73. The van der Waals surface area contributed by atoms with E-state index in [4.69, 9.17) is 4.74 Å². The highest BCUT2D eigenvalue weighted by Gasteiger charge is 2.16. The second-order valence-electron chi connectivity index (χ2n) is 6.67. The fourth-order valence-electron chi connectivity index (χ4n) is 2.88. The van der Waals surface area contributed by atoms with Crippen LogP contribution in [-0.2, 0) is 4.79 Å². The van der Waals surface area contributed by atoms with Crippen LogP contribution < -0.4 is 10.1 Å². The van der Waals surface area contributed by atoms with Crippen LogP contribution in [0.2, 0.25) is 0 Å². The van der Waals surface area contributed by atoms with Gasteiger partial charge in [-0.2, -0.15) is 5.10 Å². The maximum atomic E-state index is 12.5. The number of rotatable bonds is 5. The van der Waals surface area contributed by atoms with Gasteiger partial charge in [-0.1, -0.05) is 6.07 Å². The molecule has 140 valence electrons. The van der Waals surface area contributed by atoms with Gasteiger partial charge in [-0.15, -0.1) is 0 Å². The average molecular weight is 365 g/mol. The van der Waals surface area contributed by atoms with Crippen molar-refractivity contribution in [2.24, 2.45) is 0 Å². The minimum absolute atomic E-state index is 0.285. The Morgan fingerprint density at radius 2 is 1.74 bits per heavy atom. The van der Waals surface area contributed by atoms with Crippen molar-refractivity contribution in [1.29, 1.82) is 0 Å². The van der Waals surface area contributed by atoms with Crippen molar-refractivity contribution in [3.8, 4) is 11.6 Å². The number of aromatic nitrogens is 4. The molecule has 2 heterocycles. The summed E-state index contributed by atoms with van der Waals surface area (Å²) in [6, 6.07) is 9.50. The van der Waals surface area contributed by atoms with Crippen LogP contribution in [0.1, 0.15) is 29.4 Å². The van der Waals surface area contributed by atoms with Crippen molar-refractivity contribution in [1.82, 2.24) is 19.7 Å². The summed E-state index contributed by atoms with van der Waals surface area (Å²) in [5, 5.41) is 7.17. The molecule has 1 aromatic carbocycles. The number of hydrogen-bond donors (Lipinski definition) is 1. The number of benzene rings is 1. The smallest absolute Gasteiger partial charge is 0.266 e. The van der Waals surface area contributed by atoms with Crippen molar-refractivity contribution >= 4 is 11.7 Å². The van der Waals surface area contributed by atoms with Gasteiger partial charge in [0.25, 0.3) is 5.91 Å². The van der Waals surface area contributed by atoms with Gasteiger partial charge in [-0.25, -0.2) is 14.6 Å². The van der Waals surface area contributed by atoms with E-state index in [-0.39, 0.29) is 5.91 Å². The Labute approximate surface area is 158 Å². The minimum atomic E-state index is -0.668. The molecule has 0 radical (unpaired) electrons. The van der Waals surface area contributed by atoms with Crippen LogP contribution in [0.5, 0.6) is 5.75 Å². The number of aryl methyl sites for hydroxylation is 4. The number of nitrogens with one attached hydrogen (secondary N) is 1. The van der Waals surface area contributed by atoms with E-state index in [1.165, 1.54) is 6.33 Å². The lowest BCUT2D eigenvalue weighted by Gasteiger charge is -2.15. The van der Waals surface area contributed by atoms with E-state index in [2.05, 4.69) is 26.4 Å². The van der Waals surface area contributed by atoms with Gasteiger partial charge in [0.15, 0.2) is 11.9 Å². The lowest BCUT2D eigenvalue weighted by molar-refractivity contribution is -0.122. The molecule has 7 nitrogen and oxygen atoms in total. The molecule has 0 aliphatic heterocycles. The highest BCUT2D eigenvalue weighted by atomic mass is 16.5. The van der Waals surface area contributed by atoms with Crippen molar-refractivity contribution in [3.63, 3.8) is 0 Å². The Balaban J connectivity index is 1.72. The third-order valence-corrected chi connectivity index (χ3v) is 4.01. The standard InChI is InChI=1S/C20H23N5O2/c1-12-6-13(2)8-17(7-12)27-16(5)20(26)23-18-10-19(22-11-21-18)25-15(4)9-14(3)24-25/h6-11,16H,1-5H3,(H,21,22,23,26). The van der Waals surface area contributed by atoms with Crippen LogP contribution in [0, 0.1) is 27.7 Å². The lowest BCUT2D eigenvalue weighted by Crippen LogP contribution is -2.30. The van der Waals surface area contributed by atoms with Gasteiger partial charge in [0.2, 0.25) is 0 Å². The molecular weight excluding hydrogens is 342 g/mol. The summed E-state index contributed by atoms with van der Waals surface area (Å²) in [6.07, 6.45) is 0.731. The van der Waals surface area contributed by atoms with E-state index in [0.717, 1.165) is 22.5 Å². The minimum Gasteiger partial charge on any atom is -0.481 e. The summed E-state index contributed by atoms with van der Waals surface area (Å²) in [5.41, 5.74) is 4.02. The monoisotopic (exact) mass is 365 g/mol. The molecule has 1 amide bonds. The van der Waals surface area contributed by atoms with E-state index in [0.29, 0.717) is 17.4 Å². The fraction of sp³-hybridized carbons (Fsp3) is 0.300. The predicted octanol–water partition coefficient (Wildman–Crippen LogP) is 3.30. The largest absolute Gasteiger partial charge is 0.481 e. The van der Waals surface area contributed by atoms with Gasteiger partial charge in [0.05, 0.1) is 5.69 Å². The van der Waals surface area contributed by atoms with Crippen molar-refractivity contribution in [2.45, 2.75) is 40.7 Å². The Hall–Kier alpha value is -3.22. The molecule has 3 rings (SSSR count). The van der Waals surface area contributed by atoms with Gasteiger partial charge in [0.1, 0.15) is 17.9 Å². The molecular formula is C20H23N5O2. The molecule has 7 heteroatoms. The van der Waals surface area contributed by atoms with Crippen molar-refractivity contribution in [3.05, 3.63) is 59.2 Å². The molecule has 0 saturated carbocycles. The van der Waals surface area contributed by atoms with E-state index in [1.807, 2.05) is 45.9 Å². The van der Waals surface area contributed by atoms with Crippen LogP contribution in [0.3, 0.4) is 0 Å². The second-order valence-corrected chi connectivity index (χ2v) is 6.67. The van der Waals surface area contributed by atoms with E-state index >= 15 is 0 Å². The van der Waals surface area contributed by atoms with Gasteiger partial charge >= 0.3 is 0 Å². The number of hydrogen-bond acceptors (Lipinski definition) is 5. The first kappa shape index (κ1) is 18.6. The third kappa shape index (κ3) is 4.49. The molecule has 27 heavy (non-hydrogen) atoms. The Morgan fingerprint density at radius 1 is 1.04 bits per heavy atom. The maximum Gasteiger partial charge on any atom is 0.266 e. The first-order chi connectivity index (χ1) is 12.8. The lowest BCUT2D eigenvalue weighted by atomic mass is 10.1. The van der Waals surface area contributed by atoms with Crippen LogP contribution in [-0.4, -0.2) is 31.8 Å². The number of amides is 1. The molecule has 0 aliphatic carbocycles. The predicted molar refractivity (Wildman–Crippen MR) is 103 cm³/mol. The van der Waals surface area contributed by atoms with Crippen LogP contribution in [0.15, 0.2) is 36.7 Å². The molecule has 1 N–H and O–H groups in total. The molecule has 3 aromatic rings. The third-order valence-electron chi connectivity index (χ3n) is 4.01. The molecule has 0 saturated heterocycles. The SMILES string of the molecule is Cc1cc(C)cc(OC(C)C(=O)Nc2cc(-n3nc(C)cc3C)ncn2)c1. The summed E-state index contributed by atoms with van der Waals surface area (Å²) in [7, 11) is 0. The maximum absolute atomic E-state index is 12.5. The summed E-state index contributed by atoms with van der Waals surface area (Å²) >= 11 is 0. The Bertz CT molecular complexity index is 960. The zero-order valence-electron chi connectivity index (χ0n) is 16.1. The summed E-state index contributed by atoms with van der Waals surface area (Å²) in [5.74, 6) is 1.37. The van der Waals surface area contributed by atoms with Gasteiger partial charge in [-0.05, 0) is 63.9 Å². The molecule has 0 bridgehead atoms. The highest BCUT2D eigenvalue weighted by molar-refractivity contribution is 5.93. The van der Waals surface area contributed by atoms with Gasteiger partial charge < -0.3 is 10.1 Å².